The first-order valence-corrected chi connectivity index (χ1v) is 5.99. The van der Waals surface area contributed by atoms with E-state index in [9.17, 15) is 4.79 Å². The van der Waals surface area contributed by atoms with Crippen LogP contribution in [0.1, 0.15) is 42.7 Å². The highest BCUT2D eigenvalue weighted by molar-refractivity contribution is 9.10. The Bertz CT molecular complexity index is 366. The van der Waals surface area contributed by atoms with Crippen molar-refractivity contribution in [3.05, 3.63) is 22.6 Å². The van der Waals surface area contributed by atoms with Crippen molar-refractivity contribution in [2.45, 2.75) is 37.6 Å². The number of hydrogen-bond donors (Lipinski definition) is 1. The molecule has 4 heteroatoms. The Balaban J connectivity index is 2.23. The van der Waals surface area contributed by atoms with E-state index in [4.69, 9.17) is 10.2 Å². The molecule has 2 N–H and O–H groups in total. The van der Waals surface area contributed by atoms with Gasteiger partial charge in [-0.05, 0) is 34.8 Å². The molecule has 1 aromatic rings. The number of carbonyl (C=O) groups is 1. The molecule has 0 amide bonds. The summed E-state index contributed by atoms with van der Waals surface area (Å²) in [5.74, 6) is 0.290. The van der Waals surface area contributed by atoms with E-state index in [1.807, 2.05) is 0 Å². The van der Waals surface area contributed by atoms with Crippen molar-refractivity contribution in [2.24, 2.45) is 5.73 Å². The summed E-state index contributed by atoms with van der Waals surface area (Å²) >= 11 is 3.29. The largest absolute Gasteiger partial charge is 0.460 e. The second-order valence-corrected chi connectivity index (χ2v) is 5.00. The summed E-state index contributed by atoms with van der Waals surface area (Å²) in [5.41, 5.74) is 5.42. The number of furan rings is 1. The zero-order valence-electron chi connectivity index (χ0n) is 8.46. The van der Waals surface area contributed by atoms with Gasteiger partial charge in [0.2, 0.25) is 5.78 Å². The van der Waals surface area contributed by atoms with Gasteiger partial charge in [-0.25, -0.2) is 0 Å². The van der Waals surface area contributed by atoms with Gasteiger partial charge in [0.1, 0.15) is 0 Å². The lowest BCUT2D eigenvalue weighted by molar-refractivity contribution is 0.0817. The maximum atomic E-state index is 12.2. The predicted octanol–water partition coefficient (Wildman–Crippen LogP) is 2.89. The third kappa shape index (κ3) is 2.01. The maximum Gasteiger partial charge on any atom is 0.218 e. The highest BCUT2D eigenvalue weighted by atomic mass is 79.9. The van der Waals surface area contributed by atoms with Crippen molar-refractivity contribution in [2.75, 3.05) is 0 Å². The molecule has 2 rings (SSSR count). The molecule has 1 saturated carbocycles. The summed E-state index contributed by atoms with van der Waals surface area (Å²) in [7, 11) is 0. The molecule has 15 heavy (non-hydrogen) atoms. The summed E-state index contributed by atoms with van der Waals surface area (Å²) in [6.07, 6.45) is 6.26. The lowest BCUT2D eigenvalue weighted by Crippen LogP contribution is -2.49. The zero-order chi connectivity index (χ0) is 10.9. The van der Waals surface area contributed by atoms with E-state index in [2.05, 4.69) is 15.9 Å². The standard InChI is InChI=1S/C11H14BrNO2/c12-8-4-7-15-9(8)10(14)11(13)5-2-1-3-6-11/h4,7H,1-3,5-6,13H2. The lowest BCUT2D eigenvalue weighted by atomic mass is 9.79. The Morgan fingerprint density at radius 1 is 1.40 bits per heavy atom. The summed E-state index contributed by atoms with van der Waals surface area (Å²) in [4.78, 5) is 12.2. The molecule has 0 aliphatic heterocycles. The highest BCUT2D eigenvalue weighted by Crippen LogP contribution is 2.31. The summed E-state index contributed by atoms with van der Waals surface area (Å²) in [6.45, 7) is 0. The molecule has 1 aliphatic carbocycles. The van der Waals surface area contributed by atoms with Crippen molar-refractivity contribution in [3.63, 3.8) is 0 Å². The molecule has 0 bridgehead atoms. The smallest absolute Gasteiger partial charge is 0.218 e. The Labute approximate surface area is 97.1 Å². The molecule has 0 radical (unpaired) electrons. The van der Waals surface area contributed by atoms with Crippen molar-refractivity contribution in [1.29, 1.82) is 0 Å². The van der Waals surface area contributed by atoms with Crippen LogP contribution >= 0.6 is 15.9 Å². The van der Waals surface area contributed by atoms with Crippen molar-refractivity contribution >= 4 is 21.7 Å². The van der Waals surface area contributed by atoms with Gasteiger partial charge in [0.05, 0.1) is 16.3 Å². The molecule has 0 spiro atoms. The fourth-order valence-electron chi connectivity index (χ4n) is 2.09. The average molecular weight is 272 g/mol. The number of rotatable bonds is 2. The van der Waals surface area contributed by atoms with Crippen LogP contribution in [0.4, 0.5) is 0 Å². The average Bonchev–Trinajstić information content (AvgIpc) is 2.64. The van der Waals surface area contributed by atoms with E-state index in [1.165, 1.54) is 12.7 Å². The number of hydrogen-bond acceptors (Lipinski definition) is 3. The highest BCUT2D eigenvalue weighted by Gasteiger charge is 2.38. The SMILES string of the molecule is NC1(C(=O)c2occc2Br)CCCCC1. The quantitative estimate of drug-likeness (QED) is 0.842. The monoisotopic (exact) mass is 271 g/mol. The minimum absolute atomic E-state index is 0.0703. The first-order valence-electron chi connectivity index (χ1n) is 5.20. The van der Waals surface area contributed by atoms with Gasteiger partial charge in [0.15, 0.2) is 5.76 Å². The molecular weight excluding hydrogens is 258 g/mol. The molecule has 1 heterocycles. The van der Waals surface area contributed by atoms with Gasteiger partial charge in [0.25, 0.3) is 0 Å². The fraction of sp³-hybridized carbons (Fsp3) is 0.545. The van der Waals surface area contributed by atoms with Crippen LogP contribution in [0.15, 0.2) is 21.2 Å². The van der Waals surface area contributed by atoms with Gasteiger partial charge in [-0.2, -0.15) is 0 Å². The van der Waals surface area contributed by atoms with Crippen LogP contribution < -0.4 is 5.73 Å². The van der Waals surface area contributed by atoms with Crippen molar-refractivity contribution in [3.8, 4) is 0 Å². The zero-order valence-corrected chi connectivity index (χ0v) is 10.0. The predicted molar refractivity (Wildman–Crippen MR) is 60.7 cm³/mol. The Morgan fingerprint density at radius 3 is 2.60 bits per heavy atom. The Hall–Kier alpha value is -0.610. The Morgan fingerprint density at radius 2 is 2.07 bits per heavy atom. The third-order valence-corrected chi connectivity index (χ3v) is 3.65. The summed E-state index contributed by atoms with van der Waals surface area (Å²) in [6, 6.07) is 1.72. The minimum Gasteiger partial charge on any atom is -0.460 e. The van der Waals surface area contributed by atoms with E-state index in [0.717, 1.165) is 25.7 Å². The molecule has 0 saturated heterocycles. The Kier molecular flexibility index (Phi) is 2.98. The maximum absolute atomic E-state index is 12.2. The normalized spacial score (nSPS) is 20.1. The molecule has 1 aromatic heterocycles. The first-order chi connectivity index (χ1) is 7.13. The number of Topliss-reactive ketones (excluding diaryl/α,β-unsaturated/α-hetero) is 1. The second-order valence-electron chi connectivity index (χ2n) is 4.14. The molecule has 0 unspecified atom stereocenters. The van der Waals surface area contributed by atoms with Gasteiger partial charge >= 0.3 is 0 Å². The molecule has 82 valence electrons. The van der Waals surface area contributed by atoms with Crippen molar-refractivity contribution in [1.82, 2.24) is 0 Å². The third-order valence-electron chi connectivity index (χ3n) is 3.02. The first kappa shape index (κ1) is 10.9. The van der Waals surface area contributed by atoms with E-state index >= 15 is 0 Å². The van der Waals surface area contributed by atoms with Crippen LogP contribution in [-0.4, -0.2) is 11.3 Å². The van der Waals surface area contributed by atoms with Gasteiger partial charge < -0.3 is 10.2 Å². The van der Waals surface area contributed by atoms with E-state index in [-0.39, 0.29) is 5.78 Å². The molecule has 0 aromatic carbocycles. The number of halogens is 1. The van der Waals surface area contributed by atoms with Crippen LogP contribution in [0.2, 0.25) is 0 Å². The van der Waals surface area contributed by atoms with E-state index in [1.54, 1.807) is 6.07 Å². The molecule has 3 nitrogen and oxygen atoms in total. The van der Waals surface area contributed by atoms with Crippen LogP contribution in [0.5, 0.6) is 0 Å². The van der Waals surface area contributed by atoms with Gasteiger partial charge in [0, 0.05) is 0 Å². The number of carbonyl (C=O) groups excluding carboxylic acids is 1. The van der Waals surface area contributed by atoms with E-state index < -0.39 is 5.54 Å². The van der Waals surface area contributed by atoms with Crippen LogP contribution in [-0.2, 0) is 0 Å². The van der Waals surface area contributed by atoms with Crippen molar-refractivity contribution < 1.29 is 9.21 Å². The lowest BCUT2D eigenvalue weighted by Gasteiger charge is -2.30. The molecule has 0 atom stereocenters. The molecule has 1 fully saturated rings. The summed E-state index contributed by atoms with van der Waals surface area (Å²) in [5, 5.41) is 0. The number of ketones is 1. The van der Waals surface area contributed by atoms with E-state index in [0.29, 0.717) is 10.2 Å². The van der Waals surface area contributed by atoms with Gasteiger partial charge in [-0.3, -0.25) is 4.79 Å². The van der Waals surface area contributed by atoms with Crippen LogP contribution in [0, 0.1) is 0 Å². The fourth-order valence-corrected chi connectivity index (χ4v) is 2.47. The number of nitrogens with two attached hydrogens (primary N) is 1. The van der Waals surface area contributed by atoms with Gasteiger partial charge in [-0.1, -0.05) is 19.3 Å². The minimum atomic E-state index is -0.710. The molecule has 1 aliphatic rings. The van der Waals surface area contributed by atoms with Gasteiger partial charge in [-0.15, -0.1) is 0 Å². The summed E-state index contributed by atoms with van der Waals surface area (Å²) < 4.78 is 5.87. The van der Waals surface area contributed by atoms with Crippen LogP contribution in [0.25, 0.3) is 0 Å². The topological polar surface area (TPSA) is 56.2 Å². The second kappa shape index (κ2) is 4.10. The van der Waals surface area contributed by atoms with Crippen LogP contribution in [0.3, 0.4) is 0 Å². The molecular formula is C11H14BrNO2.